The third-order valence-corrected chi connectivity index (χ3v) is 5.66. The fourth-order valence-electron chi connectivity index (χ4n) is 3.92. The zero-order valence-corrected chi connectivity index (χ0v) is 18.0. The van der Waals surface area contributed by atoms with E-state index in [1.807, 2.05) is 15.9 Å². The van der Waals surface area contributed by atoms with Gasteiger partial charge in [0.1, 0.15) is 24.8 Å². The number of rotatable bonds is 6. The normalized spacial score (nSPS) is 18.1. The molecule has 3 aromatic rings. The lowest BCUT2D eigenvalue weighted by atomic mass is 10.2. The summed E-state index contributed by atoms with van der Waals surface area (Å²) in [6.07, 6.45) is 0.316. The topological polar surface area (TPSA) is 121 Å². The summed E-state index contributed by atoms with van der Waals surface area (Å²) in [4.78, 5) is 17.7. The SMILES string of the molecule is N#Cc1ccc(N2CCN(c3ccc(N4C[C@H](COc5ccon5)OC4=O)cc3F)CC2)nn1. The Bertz CT molecular complexity index is 1190. The highest BCUT2D eigenvalue weighted by molar-refractivity contribution is 5.90. The first-order valence-electron chi connectivity index (χ1n) is 10.7. The number of piperazine rings is 1. The second kappa shape index (κ2) is 9.22. The summed E-state index contributed by atoms with van der Waals surface area (Å²) in [5.74, 6) is 0.569. The van der Waals surface area contributed by atoms with Crippen LogP contribution < -0.4 is 19.4 Å². The molecule has 2 saturated heterocycles. The first-order valence-corrected chi connectivity index (χ1v) is 10.7. The lowest BCUT2D eigenvalue weighted by molar-refractivity contribution is 0.102. The van der Waals surface area contributed by atoms with Crippen LogP contribution in [0.1, 0.15) is 5.69 Å². The molecule has 2 aliphatic rings. The number of nitriles is 1. The molecule has 1 amide bonds. The van der Waals surface area contributed by atoms with E-state index in [-0.39, 0.29) is 18.8 Å². The van der Waals surface area contributed by atoms with Crippen LogP contribution in [-0.4, -0.2) is 66.9 Å². The molecule has 4 heterocycles. The highest BCUT2D eigenvalue weighted by Gasteiger charge is 2.33. The zero-order valence-electron chi connectivity index (χ0n) is 18.0. The highest BCUT2D eigenvalue weighted by atomic mass is 19.1. The van der Waals surface area contributed by atoms with E-state index in [4.69, 9.17) is 19.3 Å². The second-order valence-corrected chi connectivity index (χ2v) is 7.76. The molecule has 0 unspecified atom stereocenters. The van der Waals surface area contributed by atoms with Crippen molar-refractivity contribution in [3.63, 3.8) is 0 Å². The minimum absolute atomic E-state index is 0.114. The number of benzene rings is 1. The maximum Gasteiger partial charge on any atom is 0.414 e. The van der Waals surface area contributed by atoms with E-state index in [1.54, 1.807) is 30.3 Å². The van der Waals surface area contributed by atoms with Crippen LogP contribution in [0.25, 0.3) is 0 Å². The van der Waals surface area contributed by atoms with Crippen LogP contribution in [0, 0.1) is 17.1 Å². The van der Waals surface area contributed by atoms with Gasteiger partial charge in [0.05, 0.1) is 17.9 Å². The van der Waals surface area contributed by atoms with Crippen molar-refractivity contribution in [2.24, 2.45) is 0 Å². The van der Waals surface area contributed by atoms with E-state index in [0.717, 1.165) is 0 Å². The van der Waals surface area contributed by atoms with Crippen LogP contribution in [-0.2, 0) is 4.74 Å². The number of hydrogen-bond acceptors (Lipinski definition) is 10. The molecule has 2 aromatic heterocycles. The Kier molecular flexibility index (Phi) is 5.82. The molecule has 5 rings (SSSR count). The highest BCUT2D eigenvalue weighted by Crippen LogP contribution is 2.29. The maximum atomic E-state index is 15.0. The molecule has 1 aromatic carbocycles. The van der Waals surface area contributed by atoms with Gasteiger partial charge in [0.25, 0.3) is 5.88 Å². The Morgan fingerprint density at radius 2 is 1.94 bits per heavy atom. The summed E-state index contributed by atoms with van der Waals surface area (Å²) in [6, 6.07) is 11.6. The van der Waals surface area contributed by atoms with E-state index in [1.165, 1.54) is 17.2 Å². The largest absolute Gasteiger partial charge is 0.471 e. The molecule has 0 radical (unpaired) electrons. The molecule has 2 aliphatic heterocycles. The van der Waals surface area contributed by atoms with Crippen LogP contribution in [0.15, 0.2) is 47.2 Å². The third kappa shape index (κ3) is 4.40. The van der Waals surface area contributed by atoms with Crippen molar-refractivity contribution >= 4 is 23.3 Å². The minimum Gasteiger partial charge on any atom is -0.471 e. The summed E-state index contributed by atoms with van der Waals surface area (Å²) in [7, 11) is 0. The summed E-state index contributed by atoms with van der Waals surface area (Å²) in [6.45, 7) is 2.79. The summed E-state index contributed by atoms with van der Waals surface area (Å²) in [5, 5.41) is 20.4. The number of halogens is 1. The van der Waals surface area contributed by atoms with E-state index >= 15 is 4.39 Å². The Morgan fingerprint density at radius 3 is 2.62 bits per heavy atom. The lowest BCUT2D eigenvalue weighted by Crippen LogP contribution is -2.47. The summed E-state index contributed by atoms with van der Waals surface area (Å²) in [5.41, 5.74) is 1.15. The van der Waals surface area contributed by atoms with Gasteiger partial charge in [-0.2, -0.15) is 5.26 Å². The molecule has 174 valence electrons. The molecule has 0 bridgehead atoms. The van der Waals surface area contributed by atoms with Gasteiger partial charge in [-0.05, 0) is 35.5 Å². The van der Waals surface area contributed by atoms with E-state index < -0.39 is 18.0 Å². The number of ether oxygens (including phenoxy) is 2. The Balaban J connectivity index is 1.19. The number of hydrogen-bond donors (Lipinski definition) is 0. The van der Waals surface area contributed by atoms with Crippen LogP contribution in [0.4, 0.5) is 26.4 Å². The van der Waals surface area contributed by atoms with Crippen LogP contribution in [0.2, 0.25) is 0 Å². The van der Waals surface area contributed by atoms with Gasteiger partial charge >= 0.3 is 6.09 Å². The number of aromatic nitrogens is 3. The predicted molar refractivity (Wildman–Crippen MR) is 117 cm³/mol. The first-order chi connectivity index (χ1) is 16.6. The first kappa shape index (κ1) is 21.4. The Labute approximate surface area is 193 Å². The van der Waals surface area contributed by atoms with Crippen molar-refractivity contribution in [1.29, 1.82) is 5.26 Å². The minimum atomic E-state index is -0.557. The van der Waals surface area contributed by atoms with Crippen molar-refractivity contribution in [3.8, 4) is 11.9 Å². The lowest BCUT2D eigenvalue weighted by Gasteiger charge is -2.36. The van der Waals surface area contributed by atoms with Crippen LogP contribution in [0.3, 0.4) is 0 Å². The van der Waals surface area contributed by atoms with Crippen molar-refractivity contribution in [1.82, 2.24) is 15.4 Å². The van der Waals surface area contributed by atoms with Crippen LogP contribution in [0.5, 0.6) is 5.88 Å². The van der Waals surface area contributed by atoms with Gasteiger partial charge in [0, 0.05) is 32.2 Å². The average Bonchev–Trinajstić information content (AvgIpc) is 3.52. The molecular weight excluding hydrogens is 445 g/mol. The molecule has 34 heavy (non-hydrogen) atoms. The molecule has 1 atom stereocenters. The molecule has 11 nitrogen and oxygen atoms in total. The van der Waals surface area contributed by atoms with Gasteiger partial charge in [-0.25, -0.2) is 9.18 Å². The number of anilines is 3. The maximum absolute atomic E-state index is 15.0. The fraction of sp³-hybridized carbons (Fsp3) is 0.318. The van der Waals surface area contributed by atoms with Crippen molar-refractivity contribution in [2.45, 2.75) is 6.10 Å². The third-order valence-electron chi connectivity index (χ3n) is 5.66. The Hall–Kier alpha value is -4.40. The van der Waals surface area contributed by atoms with Gasteiger partial charge in [0.2, 0.25) is 0 Å². The summed E-state index contributed by atoms with van der Waals surface area (Å²) >= 11 is 0. The Morgan fingerprint density at radius 1 is 1.12 bits per heavy atom. The molecule has 0 N–H and O–H groups in total. The smallest absolute Gasteiger partial charge is 0.414 e. The number of carbonyl (C=O) groups is 1. The van der Waals surface area contributed by atoms with Gasteiger partial charge in [-0.15, -0.1) is 10.2 Å². The molecule has 12 heteroatoms. The summed E-state index contributed by atoms with van der Waals surface area (Å²) < 4.78 is 30.5. The quantitative estimate of drug-likeness (QED) is 0.536. The van der Waals surface area contributed by atoms with Gasteiger partial charge in [0.15, 0.2) is 17.6 Å². The standard InChI is InChI=1S/C22H20FN7O4/c23-18-11-16(30-13-17(34-22(30)31)14-32-21-5-10-33-27-21)2-3-19(18)28-6-8-29(9-7-28)20-4-1-15(12-24)25-26-20/h1-5,10-11,17H,6-9,13-14H2/t17-/m1/s1. The van der Waals surface area contributed by atoms with Crippen molar-refractivity contribution in [2.75, 3.05) is 54.0 Å². The van der Waals surface area contributed by atoms with Crippen molar-refractivity contribution in [3.05, 3.63) is 54.2 Å². The monoisotopic (exact) mass is 465 g/mol. The van der Waals surface area contributed by atoms with E-state index in [0.29, 0.717) is 49.3 Å². The van der Waals surface area contributed by atoms with Crippen molar-refractivity contribution < 1.29 is 23.2 Å². The van der Waals surface area contributed by atoms with E-state index in [9.17, 15) is 4.79 Å². The molecule has 0 aliphatic carbocycles. The fourth-order valence-corrected chi connectivity index (χ4v) is 3.92. The zero-order chi connectivity index (χ0) is 23.5. The molecule has 0 saturated carbocycles. The molecule has 0 spiro atoms. The number of carbonyl (C=O) groups excluding carboxylic acids is 1. The van der Waals surface area contributed by atoms with Gasteiger partial charge in [-0.1, -0.05) is 0 Å². The number of amides is 1. The average molecular weight is 465 g/mol. The second-order valence-electron chi connectivity index (χ2n) is 7.76. The predicted octanol–water partition coefficient (Wildman–Crippen LogP) is 2.21. The molecule has 2 fully saturated rings. The van der Waals surface area contributed by atoms with Gasteiger partial charge in [-0.3, -0.25) is 4.90 Å². The molecular formula is C22H20FN7O4. The number of cyclic esters (lactones) is 1. The van der Waals surface area contributed by atoms with Gasteiger partial charge < -0.3 is 23.8 Å². The number of nitrogens with zero attached hydrogens (tertiary/aromatic N) is 7. The van der Waals surface area contributed by atoms with Crippen LogP contribution >= 0.6 is 0 Å². The van der Waals surface area contributed by atoms with E-state index in [2.05, 4.69) is 15.4 Å².